The third-order valence-electron chi connectivity index (χ3n) is 2.55. The maximum Gasteiger partial charge on any atom is 0.338 e. The van der Waals surface area contributed by atoms with Gasteiger partial charge in [-0.3, -0.25) is 0 Å². The topological polar surface area (TPSA) is 63.1 Å². The molecule has 4 nitrogen and oxygen atoms in total. The molecule has 19 heavy (non-hydrogen) atoms. The van der Waals surface area contributed by atoms with Crippen molar-refractivity contribution in [2.24, 2.45) is 0 Å². The van der Waals surface area contributed by atoms with Gasteiger partial charge in [0.1, 0.15) is 5.03 Å². The van der Waals surface area contributed by atoms with Crippen LogP contribution in [0.4, 0.5) is 0 Å². The van der Waals surface area contributed by atoms with Gasteiger partial charge in [0.2, 0.25) is 0 Å². The molecule has 0 saturated carbocycles. The number of aromatic carboxylic acids is 1. The van der Waals surface area contributed by atoms with Gasteiger partial charge in [-0.1, -0.05) is 11.8 Å². The zero-order valence-corrected chi connectivity index (χ0v) is 12.6. The summed E-state index contributed by atoms with van der Waals surface area (Å²) in [6.45, 7) is 5.63. The Morgan fingerprint density at radius 3 is 2.74 bits per heavy atom. The van der Waals surface area contributed by atoms with E-state index in [-0.39, 0.29) is 0 Å². The summed E-state index contributed by atoms with van der Waals surface area (Å²) in [5, 5.41) is 10.9. The number of pyridine rings is 1. The summed E-state index contributed by atoms with van der Waals surface area (Å²) in [4.78, 5) is 21.0. The highest BCUT2D eigenvalue weighted by molar-refractivity contribution is 7.98. The Labute approximate surface area is 119 Å². The van der Waals surface area contributed by atoms with E-state index in [1.807, 2.05) is 20.0 Å². The summed E-state index contributed by atoms with van der Waals surface area (Å²) in [5.74, 6) is -0.227. The second kappa shape index (κ2) is 5.71. The molecule has 0 spiro atoms. The van der Waals surface area contributed by atoms with Gasteiger partial charge < -0.3 is 5.11 Å². The predicted octanol–water partition coefficient (Wildman–Crippen LogP) is 3.45. The Bertz CT molecular complexity index is 623. The molecule has 0 radical (unpaired) electrons. The number of thiazole rings is 1. The van der Waals surface area contributed by atoms with Gasteiger partial charge in [-0.25, -0.2) is 14.8 Å². The van der Waals surface area contributed by atoms with Gasteiger partial charge in [0.15, 0.2) is 0 Å². The summed E-state index contributed by atoms with van der Waals surface area (Å²) in [5.41, 5.74) is 1.89. The summed E-state index contributed by atoms with van der Waals surface area (Å²) in [6.07, 6.45) is 1.83. The lowest BCUT2D eigenvalue weighted by atomic mass is 10.1. The number of aryl methyl sites for hydroxylation is 3. The second-order valence-electron chi connectivity index (χ2n) is 4.20. The van der Waals surface area contributed by atoms with Crippen LogP contribution in [0.25, 0.3) is 0 Å². The molecule has 0 saturated heterocycles. The van der Waals surface area contributed by atoms with E-state index in [1.165, 1.54) is 11.8 Å². The first-order valence-electron chi connectivity index (χ1n) is 5.73. The fraction of sp³-hybridized carbons (Fsp3) is 0.308. The lowest BCUT2D eigenvalue weighted by Crippen LogP contribution is -2.05. The summed E-state index contributed by atoms with van der Waals surface area (Å²) in [7, 11) is 0. The van der Waals surface area contributed by atoms with Crippen LogP contribution in [0.1, 0.15) is 31.5 Å². The van der Waals surface area contributed by atoms with Crippen LogP contribution in [0, 0.1) is 20.8 Å². The molecule has 0 amide bonds. The Morgan fingerprint density at radius 1 is 1.42 bits per heavy atom. The number of carboxylic acid groups (broad SMARTS) is 1. The number of carbonyl (C=O) groups is 1. The molecule has 0 fully saturated rings. The third-order valence-corrected chi connectivity index (χ3v) is 4.67. The number of hydrogen-bond donors (Lipinski definition) is 1. The van der Waals surface area contributed by atoms with Gasteiger partial charge in [-0.2, -0.15) is 0 Å². The van der Waals surface area contributed by atoms with E-state index in [1.54, 1.807) is 24.3 Å². The average molecular weight is 294 g/mol. The van der Waals surface area contributed by atoms with Gasteiger partial charge >= 0.3 is 5.97 Å². The van der Waals surface area contributed by atoms with Crippen LogP contribution in [-0.4, -0.2) is 21.0 Å². The van der Waals surface area contributed by atoms with Crippen LogP contribution in [0.15, 0.2) is 17.3 Å². The molecule has 0 aromatic carbocycles. The molecule has 2 aromatic rings. The normalized spacial score (nSPS) is 10.7. The van der Waals surface area contributed by atoms with Crippen molar-refractivity contribution in [2.45, 2.75) is 31.6 Å². The molecule has 1 N–H and O–H groups in total. The fourth-order valence-corrected chi connectivity index (χ4v) is 3.74. The van der Waals surface area contributed by atoms with Crippen LogP contribution in [-0.2, 0) is 5.75 Å². The Kier molecular flexibility index (Phi) is 4.21. The number of aromatic nitrogens is 2. The van der Waals surface area contributed by atoms with Crippen molar-refractivity contribution in [3.8, 4) is 0 Å². The largest absolute Gasteiger partial charge is 0.478 e. The molecule has 0 aliphatic carbocycles. The van der Waals surface area contributed by atoms with E-state index in [4.69, 9.17) is 0 Å². The van der Waals surface area contributed by atoms with E-state index < -0.39 is 5.97 Å². The fourth-order valence-electron chi connectivity index (χ4n) is 1.78. The standard InChI is InChI=1S/C13H14N2O2S2/c1-7-4-8(2)15-12(11(7)13(16)17)18-6-10-5-14-9(3)19-10/h4-5H,6H2,1-3H3,(H,16,17). The molecule has 0 atom stereocenters. The van der Waals surface area contributed by atoms with Crippen LogP contribution in [0.2, 0.25) is 0 Å². The highest BCUT2D eigenvalue weighted by atomic mass is 32.2. The number of nitrogens with zero attached hydrogens (tertiary/aromatic N) is 2. The van der Waals surface area contributed by atoms with E-state index in [0.29, 0.717) is 16.3 Å². The number of thioether (sulfide) groups is 1. The molecule has 100 valence electrons. The Morgan fingerprint density at radius 2 is 2.16 bits per heavy atom. The minimum absolute atomic E-state index is 0.303. The van der Waals surface area contributed by atoms with E-state index >= 15 is 0 Å². The molecule has 6 heteroatoms. The minimum Gasteiger partial charge on any atom is -0.478 e. The van der Waals surface area contributed by atoms with E-state index in [9.17, 15) is 9.90 Å². The smallest absolute Gasteiger partial charge is 0.338 e. The summed E-state index contributed by atoms with van der Waals surface area (Å²) >= 11 is 3.07. The van der Waals surface area contributed by atoms with Gasteiger partial charge in [0, 0.05) is 22.5 Å². The predicted molar refractivity (Wildman–Crippen MR) is 77.1 cm³/mol. The van der Waals surface area contributed by atoms with Gasteiger partial charge in [-0.05, 0) is 32.4 Å². The third kappa shape index (κ3) is 3.33. The summed E-state index contributed by atoms with van der Waals surface area (Å²) < 4.78 is 0. The van der Waals surface area contributed by atoms with Crippen molar-refractivity contribution in [1.29, 1.82) is 0 Å². The lowest BCUT2D eigenvalue weighted by Gasteiger charge is -2.08. The van der Waals surface area contributed by atoms with Crippen LogP contribution < -0.4 is 0 Å². The SMILES string of the molecule is Cc1cc(C)c(C(=O)O)c(SCc2cnc(C)s2)n1. The quantitative estimate of drug-likeness (QED) is 0.875. The lowest BCUT2D eigenvalue weighted by molar-refractivity contribution is 0.0691. The zero-order chi connectivity index (χ0) is 14.0. The van der Waals surface area contributed by atoms with Gasteiger partial charge in [-0.15, -0.1) is 11.3 Å². The molecule has 2 aromatic heterocycles. The van der Waals surface area contributed by atoms with Crippen molar-refractivity contribution in [1.82, 2.24) is 9.97 Å². The first-order valence-corrected chi connectivity index (χ1v) is 7.53. The van der Waals surface area contributed by atoms with Crippen molar-refractivity contribution < 1.29 is 9.90 Å². The Hall–Kier alpha value is -1.40. The maximum atomic E-state index is 11.3. The van der Waals surface area contributed by atoms with Crippen LogP contribution in [0.3, 0.4) is 0 Å². The van der Waals surface area contributed by atoms with Crippen LogP contribution >= 0.6 is 23.1 Å². The summed E-state index contributed by atoms with van der Waals surface area (Å²) in [6, 6.07) is 1.80. The van der Waals surface area contributed by atoms with Gasteiger partial charge in [0.05, 0.1) is 10.6 Å². The van der Waals surface area contributed by atoms with E-state index in [0.717, 1.165) is 21.1 Å². The molecule has 0 aliphatic rings. The van der Waals surface area contributed by atoms with Crippen molar-refractivity contribution in [2.75, 3.05) is 0 Å². The number of carboxylic acids is 1. The molecule has 0 bridgehead atoms. The highest BCUT2D eigenvalue weighted by Crippen LogP contribution is 2.28. The highest BCUT2D eigenvalue weighted by Gasteiger charge is 2.16. The van der Waals surface area contributed by atoms with Gasteiger partial charge in [0.25, 0.3) is 0 Å². The Balaban J connectivity index is 2.26. The molecular formula is C13H14N2O2S2. The van der Waals surface area contributed by atoms with Crippen molar-refractivity contribution in [3.05, 3.63) is 39.0 Å². The molecule has 0 unspecified atom stereocenters. The number of rotatable bonds is 4. The molecular weight excluding hydrogens is 280 g/mol. The van der Waals surface area contributed by atoms with Crippen molar-refractivity contribution in [3.63, 3.8) is 0 Å². The zero-order valence-electron chi connectivity index (χ0n) is 10.9. The monoisotopic (exact) mass is 294 g/mol. The number of hydrogen-bond acceptors (Lipinski definition) is 5. The molecule has 2 heterocycles. The first kappa shape index (κ1) is 14.0. The average Bonchev–Trinajstić information content (AvgIpc) is 2.71. The van der Waals surface area contributed by atoms with E-state index in [2.05, 4.69) is 9.97 Å². The first-order chi connectivity index (χ1) is 8.97. The minimum atomic E-state index is -0.923. The van der Waals surface area contributed by atoms with Crippen LogP contribution in [0.5, 0.6) is 0 Å². The molecule has 2 rings (SSSR count). The second-order valence-corrected chi connectivity index (χ2v) is 6.48. The maximum absolute atomic E-state index is 11.3. The van der Waals surface area contributed by atoms with Crippen molar-refractivity contribution >= 4 is 29.1 Å². The molecule has 0 aliphatic heterocycles.